The van der Waals surface area contributed by atoms with Crippen LogP contribution in [0.25, 0.3) is 6.08 Å². The van der Waals surface area contributed by atoms with Crippen LogP contribution >= 0.6 is 0 Å². The van der Waals surface area contributed by atoms with E-state index in [2.05, 4.69) is 62.4 Å². The lowest BCUT2D eigenvalue weighted by Crippen LogP contribution is -2.28. The summed E-state index contributed by atoms with van der Waals surface area (Å²) in [6, 6.07) is 28.6. The molecular formula is C26H27NO. The fourth-order valence-electron chi connectivity index (χ4n) is 3.08. The Hall–Kier alpha value is -3.13. The number of rotatable bonds is 7. The highest BCUT2D eigenvalue weighted by molar-refractivity contribution is 5.91. The topological polar surface area (TPSA) is 20.3 Å². The molecule has 0 N–H and O–H groups in total. The van der Waals surface area contributed by atoms with Crippen molar-refractivity contribution in [3.05, 3.63) is 113 Å². The van der Waals surface area contributed by atoms with Gasteiger partial charge in [0.2, 0.25) is 5.91 Å². The van der Waals surface area contributed by atoms with Gasteiger partial charge in [-0.15, -0.1) is 0 Å². The quantitative estimate of drug-likeness (QED) is 0.464. The molecule has 0 spiro atoms. The molecular weight excluding hydrogens is 342 g/mol. The highest BCUT2D eigenvalue weighted by Gasteiger charge is 2.12. The van der Waals surface area contributed by atoms with Crippen molar-refractivity contribution < 1.29 is 4.79 Å². The van der Waals surface area contributed by atoms with Crippen molar-refractivity contribution in [2.24, 2.45) is 0 Å². The molecule has 3 aromatic rings. The molecule has 3 aromatic carbocycles. The third-order valence-electron chi connectivity index (χ3n) is 4.77. The fraction of sp³-hybridized carbons (Fsp3) is 0.192. The zero-order chi connectivity index (χ0) is 19.8. The number of amides is 1. The van der Waals surface area contributed by atoms with Crippen LogP contribution < -0.4 is 0 Å². The summed E-state index contributed by atoms with van der Waals surface area (Å²) < 4.78 is 0. The van der Waals surface area contributed by atoms with Crippen LogP contribution in [0, 0.1) is 0 Å². The van der Waals surface area contributed by atoms with Crippen LogP contribution in [0.3, 0.4) is 0 Å². The minimum Gasteiger partial charge on any atom is -0.331 e. The Balaban J connectivity index is 1.75. The third-order valence-corrected chi connectivity index (χ3v) is 4.77. The maximum Gasteiger partial charge on any atom is 0.247 e. The molecule has 0 radical (unpaired) electrons. The average molecular weight is 370 g/mol. The molecule has 3 rings (SSSR count). The summed E-state index contributed by atoms with van der Waals surface area (Å²) in [5.41, 5.74) is 4.60. The highest BCUT2D eigenvalue weighted by Crippen LogP contribution is 2.16. The van der Waals surface area contributed by atoms with Gasteiger partial charge < -0.3 is 4.90 Å². The minimum atomic E-state index is 0.0145. The molecule has 0 bridgehead atoms. The van der Waals surface area contributed by atoms with Crippen molar-refractivity contribution in [3.63, 3.8) is 0 Å². The molecule has 2 nitrogen and oxygen atoms in total. The Morgan fingerprint density at radius 2 is 1.29 bits per heavy atom. The first-order valence-electron chi connectivity index (χ1n) is 9.76. The first-order chi connectivity index (χ1) is 13.6. The maximum atomic E-state index is 12.9. The Labute approximate surface area is 168 Å². The lowest BCUT2D eigenvalue weighted by Gasteiger charge is -2.21. The number of carbonyl (C=O) groups is 1. The lowest BCUT2D eigenvalue weighted by molar-refractivity contribution is -0.127. The number of hydrogen-bond donors (Lipinski definition) is 0. The molecule has 0 atom stereocenters. The third kappa shape index (κ3) is 5.68. The lowest BCUT2D eigenvalue weighted by atomic mass is 10.0. The molecule has 0 aliphatic heterocycles. The average Bonchev–Trinajstić information content (AvgIpc) is 2.73. The Morgan fingerprint density at radius 1 is 0.786 bits per heavy atom. The monoisotopic (exact) mass is 369 g/mol. The van der Waals surface area contributed by atoms with Crippen LogP contribution in [0.4, 0.5) is 0 Å². The van der Waals surface area contributed by atoms with Gasteiger partial charge in [0, 0.05) is 19.2 Å². The molecule has 0 saturated carbocycles. The van der Waals surface area contributed by atoms with E-state index in [0.717, 1.165) is 16.7 Å². The van der Waals surface area contributed by atoms with E-state index in [9.17, 15) is 4.79 Å². The Kier molecular flexibility index (Phi) is 6.80. The van der Waals surface area contributed by atoms with Crippen molar-refractivity contribution in [3.8, 4) is 0 Å². The van der Waals surface area contributed by atoms with E-state index in [1.54, 1.807) is 6.08 Å². The van der Waals surface area contributed by atoms with E-state index < -0.39 is 0 Å². The van der Waals surface area contributed by atoms with Crippen molar-refractivity contribution in [1.29, 1.82) is 0 Å². The van der Waals surface area contributed by atoms with Crippen LogP contribution in [0.2, 0.25) is 0 Å². The molecule has 0 aliphatic carbocycles. The maximum absolute atomic E-state index is 12.9. The van der Waals surface area contributed by atoms with Gasteiger partial charge in [0.1, 0.15) is 0 Å². The minimum absolute atomic E-state index is 0.0145. The molecule has 2 heteroatoms. The second kappa shape index (κ2) is 9.70. The Bertz CT molecular complexity index is 855. The van der Waals surface area contributed by atoms with Gasteiger partial charge in [-0.05, 0) is 34.2 Å². The smallest absolute Gasteiger partial charge is 0.247 e. The van der Waals surface area contributed by atoms with Crippen LogP contribution in [0.15, 0.2) is 91.0 Å². The van der Waals surface area contributed by atoms with Crippen LogP contribution in [-0.4, -0.2) is 10.8 Å². The van der Waals surface area contributed by atoms with Gasteiger partial charge >= 0.3 is 0 Å². The summed E-state index contributed by atoms with van der Waals surface area (Å²) in [6.07, 6.45) is 3.58. The molecule has 142 valence electrons. The first kappa shape index (κ1) is 19.6. The van der Waals surface area contributed by atoms with Crippen LogP contribution in [-0.2, 0) is 17.9 Å². The van der Waals surface area contributed by atoms with E-state index in [4.69, 9.17) is 0 Å². The zero-order valence-corrected chi connectivity index (χ0v) is 16.6. The largest absolute Gasteiger partial charge is 0.331 e. The van der Waals surface area contributed by atoms with Crippen molar-refractivity contribution in [1.82, 2.24) is 4.90 Å². The summed E-state index contributed by atoms with van der Waals surface area (Å²) in [5.74, 6) is 0.521. The van der Waals surface area contributed by atoms with Gasteiger partial charge in [0.25, 0.3) is 0 Å². The van der Waals surface area contributed by atoms with E-state index in [-0.39, 0.29) is 5.91 Å². The van der Waals surface area contributed by atoms with Gasteiger partial charge in [-0.3, -0.25) is 4.79 Å². The van der Waals surface area contributed by atoms with Gasteiger partial charge in [-0.2, -0.15) is 0 Å². The molecule has 1 amide bonds. The van der Waals surface area contributed by atoms with Gasteiger partial charge in [-0.25, -0.2) is 0 Å². The second-order valence-corrected chi connectivity index (χ2v) is 7.32. The number of benzene rings is 3. The molecule has 0 aliphatic rings. The standard InChI is InChI=1S/C26H27NO/c1-21(2)25-16-13-22(14-17-25)15-18-26(28)27(19-23-9-5-3-6-10-23)20-24-11-7-4-8-12-24/h3-18,21H,19-20H2,1-2H3/b18-15+. The number of carbonyl (C=O) groups excluding carboxylic acids is 1. The van der Waals surface area contributed by atoms with Gasteiger partial charge in [0.15, 0.2) is 0 Å². The van der Waals surface area contributed by atoms with Crippen LogP contribution in [0.1, 0.15) is 42.0 Å². The predicted octanol–water partition coefficient (Wildman–Crippen LogP) is 6.05. The summed E-state index contributed by atoms with van der Waals surface area (Å²) in [7, 11) is 0. The summed E-state index contributed by atoms with van der Waals surface area (Å²) in [5, 5.41) is 0. The van der Waals surface area contributed by atoms with Gasteiger partial charge in [0.05, 0.1) is 0 Å². The van der Waals surface area contributed by atoms with E-state index in [1.165, 1.54) is 5.56 Å². The predicted molar refractivity (Wildman–Crippen MR) is 117 cm³/mol. The fourth-order valence-corrected chi connectivity index (χ4v) is 3.08. The Morgan fingerprint density at radius 3 is 1.75 bits per heavy atom. The number of hydrogen-bond acceptors (Lipinski definition) is 1. The highest BCUT2D eigenvalue weighted by atomic mass is 16.2. The van der Waals surface area contributed by atoms with Crippen LogP contribution in [0.5, 0.6) is 0 Å². The first-order valence-corrected chi connectivity index (χ1v) is 9.76. The second-order valence-electron chi connectivity index (χ2n) is 7.32. The zero-order valence-electron chi connectivity index (χ0n) is 16.6. The molecule has 28 heavy (non-hydrogen) atoms. The van der Waals surface area contributed by atoms with Crippen molar-refractivity contribution >= 4 is 12.0 Å². The van der Waals surface area contributed by atoms with Crippen molar-refractivity contribution in [2.45, 2.75) is 32.9 Å². The molecule has 0 saturated heterocycles. The normalized spacial score (nSPS) is 11.1. The molecule has 0 aromatic heterocycles. The van der Waals surface area contributed by atoms with E-state index in [1.807, 2.05) is 47.4 Å². The number of nitrogens with zero attached hydrogens (tertiary/aromatic N) is 1. The SMILES string of the molecule is CC(C)c1ccc(/C=C/C(=O)N(Cc2ccccc2)Cc2ccccc2)cc1. The van der Waals surface area contributed by atoms with E-state index in [0.29, 0.717) is 19.0 Å². The molecule has 0 heterocycles. The molecule has 0 fully saturated rings. The van der Waals surface area contributed by atoms with Crippen molar-refractivity contribution in [2.75, 3.05) is 0 Å². The molecule has 0 unspecified atom stereocenters. The van der Waals surface area contributed by atoms with Gasteiger partial charge in [-0.1, -0.05) is 98.8 Å². The summed E-state index contributed by atoms with van der Waals surface area (Å²) in [4.78, 5) is 14.8. The summed E-state index contributed by atoms with van der Waals surface area (Å²) in [6.45, 7) is 5.54. The summed E-state index contributed by atoms with van der Waals surface area (Å²) >= 11 is 0. The van der Waals surface area contributed by atoms with E-state index >= 15 is 0 Å².